The number of nitrogens with one attached hydrogen (secondary N) is 1. The number of nitrogens with zero attached hydrogens (tertiary/aromatic N) is 4. The zero-order valence-electron chi connectivity index (χ0n) is 13.6. The third-order valence-electron chi connectivity index (χ3n) is 3.79. The van der Waals surface area contributed by atoms with Crippen LogP contribution in [0.1, 0.15) is 30.1 Å². The van der Waals surface area contributed by atoms with E-state index in [1.54, 1.807) is 13.0 Å². The number of rotatable bonds is 7. The van der Waals surface area contributed by atoms with Crippen LogP contribution < -0.4 is 5.32 Å². The second-order valence-corrected chi connectivity index (χ2v) is 7.47. The van der Waals surface area contributed by atoms with Crippen molar-refractivity contribution in [2.24, 2.45) is 0 Å². The maximum atomic E-state index is 12.2. The second-order valence-electron chi connectivity index (χ2n) is 5.74. The SMILES string of the molecule is C=CCn1c(SCC(=O)Nc2ncc(Cl)c(C)c2Cl)nnc1C1CC1. The van der Waals surface area contributed by atoms with E-state index < -0.39 is 0 Å². The zero-order chi connectivity index (χ0) is 18.0. The molecule has 132 valence electrons. The first kappa shape index (κ1) is 18.2. The predicted octanol–water partition coefficient (Wildman–Crippen LogP) is 4.08. The zero-order valence-corrected chi connectivity index (χ0v) is 16.0. The summed E-state index contributed by atoms with van der Waals surface area (Å²) in [7, 11) is 0. The van der Waals surface area contributed by atoms with Crippen LogP contribution >= 0.6 is 35.0 Å². The van der Waals surface area contributed by atoms with Crippen molar-refractivity contribution in [2.75, 3.05) is 11.1 Å². The van der Waals surface area contributed by atoms with E-state index in [4.69, 9.17) is 23.2 Å². The van der Waals surface area contributed by atoms with Gasteiger partial charge in [-0.2, -0.15) is 0 Å². The van der Waals surface area contributed by atoms with Crippen LogP contribution in [-0.4, -0.2) is 31.4 Å². The minimum Gasteiger partial charge on any atom is -0.309 e. The molecule has 2 aromatic heterocycles. The van der Waals surface area contributed by atoms with Gasteiger partial charge in [-0.1, -0.05) is 41.0 Å². The van der Waals surface area contributed by atoms with Gasteiger partial charge in [0.05, 0.1) is 15.8 Å². The van der Waals surface area contributed by atoms with Crippen LogP contribution in [0.3, 0.4) is 0 Å². The first-order chi connectivity index (χ1) is 12.0. The molecule has 1 saturated carbocycles. The Hall–Kier alpha value is -1.57. The van der Waals surface area contributed by atoms with Gasteiger partial charge in [0.1, 0.15) is 5.82 Å². The summed E-state index contributed by atoms with van der Waals surface area (Å²) < 4.78 is 2.01. The van der Waals surface area contributed by atoms with Gasteiger partial charge in [0, 0.05) is 18.7 Å². The van der Waals surface area contributed by atoms with Gasteiger partial charge in [-0.15, -0.1) is 16.8 Å². The van der Waals surface area contributed by atoms with Crippen LogP contribution in [0.25, 0.3) is 0 Å². The molecule has 0 bridgehead atoms. The summed E-state index contributed by atoms with van der Waals surface area (Å²) in [4.78, 5) is 16.3. The third-order valence-corrected chi connectivity index (χ3v) is 5.60. The first-order valence-corrected chi connectivity index (χ1v) is 9.52. The van der Waals surface area contributed by atoms with Crippen LogP contribution in [-0.2, 0) is 11.3 Å². The number of carbonyl (C=O) groups is 1. The summed E-state index contributed by atoms with van der Waals surface area (Å²) in [6, 6.07) is 0. The van der Waals surface area contributed by atoms with Crippen molar-refractivity contribution < 1.29 is 4.79 Å². The van der Waals surface area contributed by atoms with Gasteiger partial charge in [-0.25, -0.2) is 4.98 Å². The number of carbonyl (C=O) groups excluding carboxylic acids is 1. The molecule has 9 heteroatoms. The van der Waals surface area contributed by atoms with Crippen LogP contribution in [0, 0.1) is 6.92 Å². The number of hydrogen-bond acceptors (Lipinski definition) is 5. The molecule has 1 fully saturated rings. The molecule has 1 aliphatic carbocycles. The fraction of sp³-hybridized carbons (Fsp3) is 0.375. The number of anilines is 1. The molecular weight excluding hydrogens is 381 g/mol. The highest BCUT2D eigenvalue weighted by Crippen LogP contribution is 2.40. The van der Waals surface area contributed by atoms with E-state index in [9.17, 15) is 4.79 Å². The Bertz CT molecular complexity index is 819. The Morgan fingerprint density at radius 3 is 2.92 bits per heavy atom. The van der Waals surface area contributed by atoms with E-state index in [2.05, 4.69) is 27.1 Å². The molecule has 2 aromatic rings. The summed E-state index contributed by atoms with van der Waals surface area (Å²) in [6.07, 6.45) is 5.55. The monoisotopic (exact) mass is 397 g/mol. The summed E-state index contributed by atoms with van der Waals surface area (Å²) in [6.45, 7) is 6.18. The van der Waals surface area contributed by atoms with Crippen LogP contribution in [0.5, 0.6) is 0 Å². The number of allylic oxidation sites excluding steroid dienone is 1. The summed E-state index contributed by atoms with van der Waals surface area (Å²) in [5.74, 6) is 1.72. The van der Waals surface area contributed by atoms with Crippen molar-refractivity contribution >= 4 is 46.7 Å². The summed E-state index contributed by atoms with van der Waals surface area (Å²) >= 11 is 13.4. The highest BCUT2D eigenvalue weighted by Gasteiger charge is 2.30. The Morgan fingerprint density at radius 1 is 1.48 bits per heavy atom. The lowest BCUT2D eigenvalue weighted by atomic mass is 10.3. The fourth-order valence-corrected chi connectivity index (χ4v) is 3.44. The van der Waals surface area contributed by atoms with Gasteiger partial charge < -0.3 is 9.88 Å². The molecule has 1 N–H and O–H groups in total. The van der Waals surface area contributed by atoms with Crippen LogP contribution in [0.2, 0.25) is 10.0 Å². The molecule has 3 rings (SSSR count). The van der Waals surface area contributed by atoms with E-state index in [-0.39, 0.29) is 11.7 Å². The fourth-order valence-electron chi connectivity index (χ4n) is 2.29. The quantitative estimate of drug-likeness (QED) is 0.562. The number of amides is 1. The van der Waals surface area contributed by atoms with Gasteiger partial charge >= 0.3 is 0 Å². The normalized spacial score (nSPS) is 13.7. The van der Waals surface area contributed by atoms with E-state index in [0.717, 1.165) is 18.7 Å². The van der Waals surface area contributed by atoms with E-state index in [0.29, 0.717) is 39.0 Å². The number of pyridine rings is 1. The number of hydrogen-bond donors (Lipinski definition) is 1. The maximum absolute atomic E-state index is 12.2. The van der Waals surface area contributed by atoms with Crippen molar-refractivity contribution in [1.82, 2.24) is 19.7 Å². The van der Waals surface area contributed by atoms with Crippen molar-refractivity contribution in [2.45, 2.75) is 37.4 Å². The molecule has 1 aliphatic rings. The van der Waals surface area contributed by atoms with Crippen LogP contribution in [0.4, 0.5) is 5.82 Å². The van der Waals surface area contributed by atoms with Crippen molar-refractivity contribution in [3.05, 3.63) is 40.3 Å². The topological polar surface area (TPSA) is 72.7 Å². The van der Waals surface area contributed by atoms with Gasteiger partial charge in [0.15, 0.2) is 11.0 Å². The maximum Gasteiger partial charge on any atom is 0.236 e. The Balaban J connectivity index is 1.65. The minimum absolute atomic E-state index is 0.180. The summed E-state index contributed by atoms with van der Waals surface area (Å²) in [5, 5.41) is 12.7. The Labute approximate surface area is 160 Å². The number of thioether (sulfide) groups is 1. The van der Waals surface area contributed by atoms with Gasteiger partial charge in [0.2, 0.25) is 5.91 Å². The van der Waals surface area contributed by atoms with E-state index in [1.165, 1.54) is 18.0 Å². The van der Waals surface area contributed by atoms with E-state index in [1.807, 2.05) is 4.57 Å². The van der Waals surface area contributed by atoms with Crippen molar-refractivity contribution in [1.29, 1.82) is 0 Å². The molecule has 0 atom stereocenters. The van der Waals surface area contributed by atoms with Gasteiger partial charge in [-0.05, 0) is 25.3 Å². The molecule has 2 heterocycles. The average Bonchev–Trinajstić information content (AvgIpc) is 3.36. The van der Waals surface area contributed by atoms with Crippen LogP contribution in [0.15, 0.2) is 24.0 Å². The third kappa shape index (κ3) is 4.16. The molecule has 0 spiro atoms. The Morgan fingerprint density at radius 2 is 2.24 bits per heavy atom. The predicted molar refractivity (Wildman–Crippen MR) is 101 cm³/mol. The van der Waals surface area contributed by atoms with E-state index >= 15 is 0 Å². The Kier molecular flexibility index (Phi) is 5.66. The molecule has 0 aliphatic heterocycles. The smallest absolute Gasteiger partial charge is 0.236 e. The lowest BCUT2D eigenvalue weighted by Gasteiger charge is -2.09. The number of halogens is 2. The standard InChI is InChI=1S/C16H17Cl2N5OS/c1-3-6-23-15(10-4-5-10)21-22-16(23)25-8-12(24)20-14-13(18)9(2)11(17)7-19-14/h3,7,10H,1,4-6,8H2,2H3,(H,19,20,24). The minimum atomic E-state index is -0.220. The van der Waals surface area contributed by atoms with Gasteiger partial charge in [-0.3, -0.25) is 4.79 Å². The first-order valence-electron chi connectivity index (χ1n) is 7.78. The average molecular weight is 398 g/mol. The molecule has 0 unspecified atom stereocenters. The largest absolute Gasteiger partial charge is 0.309 e. The molecular formula is C16H17Cl2N5OS. The van der Waals surface area contributed by atoms with Crippen molar-refractivity contribution in [3.8, 4) is 0 Å². The molecule has 0 radical (unpaired) electrons. The summed E-state index contributed by atoms with van der Waals surface area (Å²) in [5.41, 5.74) is 0.682. The molecule has 1 amide bonds. The lowest BCUT2D eigenvalue weighted by molar-refractivity contribution is -0.113. The molecule has 6 nitrogen and oxygen atoms in total. The number of aromatic nitrogens is 4. The lowest BCUT2D eigenvalue weighted by Crippen LogP contribution is -2.16. The highest BCUT2D eigenvalue weighted by atomic mass is 35.5. The second kappa shape index (κ2) is 7.76. The molecule has 0 aromatic carbocycles. The van der Waals surface area contributed by atoms with Gasteiger partial charge in [0.25, 0.3) is 0 Å². The van der Waals surface area contributed by atoms with Crippen molar-refractivity contribution in [3.63, 3.8) is 0 Å². The highest BCUT2D eigenvalue weighted by molar-refractivity contribution is 7.99. The molecule has 0 saturated heterocycles. The molecule has 25 heavy (non-hydrogen) atoms.